The predicted octanol–water partition coefficient (Wildman–Crippen LogP) is 2.33. The maximum absolute atomic E-state index is 6.15. The molecule has 2 fully saturated rings. The fourth-order valence-electron chi connectivity index (χ4n) is 3.29. The lowest BCUT2D eigenvalue weighted by atomic mass is 9.69. The molecule has 1 aromatic carbocycles. The normalized spacial score (nSPS) is 36.8. The Labute approximate surface area is 96.8 Å². The maximum atomic E-state index is 6.15. The van der Waals surface area contributed by atoms with Crippen LogP contribution in [0.15, 0.2) is 30.3 Å². The highest BCUT2D eigenvalue weighted by Crippen LogP contribution is 2.47. The largest absolute Gasteiger partial charge is 0.372 e. The lowest BCUT2D eigenvalue weighted by molar-refractivity contribution is -0.0995. The Morgan fingerprint density at radius 2 is 1.88 bits per heavy atom. The zero-order chi connectivity index (χ0) is 11.0. The molecule has 4 atom stereocenters. The summed E-state index contributed by atoms with van der Waals surface area (Å²) in [4.78, 5) is 0. The third-order valence-corrected chi connectivity index (χ3v) is 4.21. The first-order valence-electron chi connectivity index (χ1n) is 6.27. The van der Waals surface area contributed by atoms with Gasteiger partial charge >= 0.3 is 0 Å². The second-order valence-electron chi connectivity index (χ2n) is 5.10. The topological polar surface area (TPSA) is 35.2 Å². The molecule has 2 nitrogen and oxygen atoms in total. The molecule has 2 aliphatic rings. The van der Waals surface area contributed by atoms with Crippen molar-refractivity contribution in [2.24, 2.45) is 17.6 Å². The average molecular weight is 217 g/mol. The van der Waals surface area contributed by atoms with Gasteiger partial charge in [0.1, 0.15) is 0 Å². The summed E-state index contributed by atoms with van der Waals surface area (Å²) in [5.74, 6) is 1.50. The van der Waals surface area contributed by atoms with Crippen molar-refractivity contribution in [1.29, 1.82) is 0 Å². The van der Waals surface area contributed by atoms with E-state index in [2.05, 4.69) is 24.3 Å². The summed E-state index contributed by atoms with van der Waals surface area (Å²) in [5, 5.41) is 0. The van der Waals surface area contributed by atoms with Gasteiger partial charge in [0.2, 0.25) is 0 Å². The number of rotatable bonds is 3. The Morgan fingerprint density at radius 1 is 1.12 bits per heavy atom. The number of ether oxygens (including phenoxy) is 1. The third kappa shape index (κ3) is 1.66. The molecule has 3 rings (SSSR count). The van der Waals surface area contributed by atoms with E-state index in [-0.39, 0.29) is 6.04 Å². The summed E-state index contributed by atoms with van der Waals surface area (Å²) < 4.78 is 5.97. The van der Waals surface area contributed by atoms with E-state index >= 15 is 0 Å². The van der Waals surface area contributed by atoms with Gasteiger partial charge < -0.3 is 10.5 Å². The van der Waals surface area contributed by atoms with E-state index in [1.807, 2.05) is 6.07 Å². The van der Waals surface area contributed by atoms with Crippen LogP contribution in [0.3, 0.4) is 0 Å². The lowest BCUT2D eigenvalue weighted by Crippen LogP contribution is -2.59. The zero-order valence-electron chi connectivity index (χ0n) is 9.51. The predicted molar refractivity (Wildman–Crippen MR) is 63.8 cm³/mol. The van der Waals surface area contributed by atoms with Crippen molar-refractivity contribution in [2.45, 2.75) is 38.0 Å². The minimum Gasteiger partial charge on any atom is -0.372 e. The fraction of sp³-hybridized carbons (Fsp3) is 0.571. The highest BCUT2D eigenvalue weighted by Gasteiger charge is 2.51. The molecule has 16 heavy (non-hydrogen) atoms. The molecule has 0 heterocycles. The van der Waals surface area contributed by atoms with E-state index in [9.17, 15) is 0 Å². The molecule has 0 spiro atoms. The summed E-state index contributed by atoms with van der Waals surface area (Å²) in [6.07, 6.45) is 4.29. The SMILES string of the molecule is NC1C2CCCC2C1OCc1ccccc1. The fourth-order valence-corrected chi connectivity index (χ4v) is 3.29. The monoisotopic (exact) mass is 217 g/mol. The molecule has 4 unspecified atom stereocenters. The molecular formula is C14H19NO. The lowest BCUT2D eigenvalue weighted by Gasteiger charge is -2.46. The van der Waals surface area contributed by atoms with E-state index in [0.717, 1.165) is 11.8 Å². The van der Waals surface area contributed by atoms with Crippen LogP contribution in [-0.2, 0) is 11.3 Å². The van der Waals surface area contributed by atoms with Crippen molar-refractivity contribution >= 4 is 0 Å². The Hall–Kier alpha value is -0.860. The smallest absolute Gasteiger partial charge is 0.0764 e. The Bertz CT molecular complexity index is 351. The van der Waals surface area contributed by atoms with Gasteiger partial charge in [-0.1, -0.05) is 36.8 Å². The van der Waals surface area contributed by atoms with Gasteiger partial charge in [0, 0.05) is 6.04 Å². The van der Waals surface area contributed by atoms with Crippen molar-refractivity contribution in [3.8, 4) is 0 Å². The Morgan fingerprint density at radius 3 is 2.69 bits per heavy atom. The van der Waals surface area contributed by atoms with Crippen LogP contribution in [0.1, 0.15) is 24.8 Å². The maximum Gasteiger partial charge on any atom is 0.0764 e. The standard InChI is InChI=1S/C14H19NO/c15-13-11-7-4-8-12(11)14(13)16-9-10-5-2-1-3-6-10/h1-3,5-6,11-14H,4,7-9,15H2. The van der Waals surface area contributed by atoms with Gasteiger partial charge in [0.25, 0.3) is 0 Å². The average Bonchev–Trinajstić information content (AvgIpc) is 2.75. The van der Waals surface area contributed by atoms with Crippen LogP contribution >= 0.6 is 0 Å². The molecule has 0 aliphatic heterocycles. The van der Waals surface area contributed by atoms with Gasteiger partial charge in [-0.3, -0.25) is 0 Å². The minimum atomic E-state index is 0.288. The van der Waals surface area contributed by atoms with Crippen LogP contribution < -0.4 is 5.73 Å². The molecule has 0 saturated heterocycles. The third-order valence-electron chi connectivity index (χ3n) is 4.21. The highest BCUT2D eigenvalue weighted by molar-refractivity contribution is 5.14. The summed E-state index contributed by atoms with van der Waals surface area (Å²) >= 11 is 0. The Kier molecular flexibility index (Phi) is 2.70. The van der Waals surface area contributed by atoms with Crippen LogP contribution in [-0.4, -0.2) is 12.1 Å². The quantitative estimate of drug-likeness (QED) is 0.843. The van der Waals surface area contributed by atoms with Crippen LogP contribution in [0, 0.1) is 11.8 Å². The molecular weight excluding hydrogens is 198 g/mol. The first kappa shape index (κ1) is 10.3. The number of hydrogen-bond acceptors (Lipinski definition) is 2. The molecule has 0 bridgehead atoms. The summed E-state index contributed by atoms with van der Waals surface area (Å²) in [7, 11) is 0. The van der Waals surface area contributed by atoms with Crippen LogP contribution in [0.4, 0.5) is 0 Å². The first-order chi connectivity index (χ1) is 7.86. The second-order valence-corrected chi connectivity index (χ2v) is 5.10. The summed E-state index contributed by atoms with van der Waals surface area (Å²) in [6.45, 7) is 0.711. The van der Waals surface area contributed by atoms with Gasteiger partial charge in [0.15, 0.2) is 0 Å². The molecule has 0 amide bonds. The van der Waals surface area contributed by atoms with E-state index in [1.165, 1.54) is 24.8 Å². The minimum absolute atomic E-state index is 0.288. The van der Waals surface area contributed by atoms with Gasteiger partial charge in [-0.15, -0.1) is 0 Å². The van der Waals surface area contributed by atoms with Gasteiger partial charge in [-0.2, -0.15) is 0 Å². The van der Waals surface area contributed by atoms with E-state index < -0.39 is 0 Å². The molecule has 2 N–H and O–H groups in total. The van der Waals surface area contributed by atoms with Gasteiger partial charge in [0.05, 0.1) is 12.7 Å². The first-order valence-corrected chi connectivity index (χ1v) is 6.27. The van der Waals surface area contributed by atoms with Gasteiger partial charge in [-0.05, 0) is 30.2 Å². The number of benzene rings is 1. The number of nitrogens with two attached hydrogens (primary N) is 1. The van der Waals surface area contributed by atoms with Crippen LogP contribution in [0.5, 0.6) is 0 Å². The molecule has 0 radical (unpaired) electrons. The van der Waals surface area contributed by atoms with Crippen molar-refractivity contribution in [1.82, 2.24) is 0 Å². The van der Waals surface area contributed by atoms with Crippen molar-refractivity contribution < 1.29 is 4.74 Å². The van der Waals surface area contributed by atoms with Crippen LogP contribution in [0.2, 0.25) is 0 Å². The highest BCUT2D eigenvalue weighted by atomic mass is 16.5. The van der Waals surface area contributed by atoms with Crippen LogP contribution in [0.25, 0.3) is 0 Å². The van der Waals surface area contributed by atoms with E-state index in [0.29, 0.717) is 12.7 Å². The molecule has 0 aromatic heterocycles. The van der Waals surface area contributed by atoms with E-state index in [1.54, 1.807) is 0 Å². The number of fused-ring (bicyclic) bond motifs is 1. The summed E-state index contributed by atoms with van der Waals surface area (Å²) in [5.41, 5.74) is 7.39. The summed E-state index contributed by atoms with van der Waals surface area (Å²) in [6, 6.07) is 10.6. The van der Waals surface area contributed by atoms with Crippen molar-refractivity contribution in [3.63, 3.8) is 0 Å². The van der Waals surface area contributed by atoms with E-state index in [4.69, 9.17) is 10.5 Å². The van der Waals surface area contributed by atoms with Crippen molar-refractivity contribution in [2.75, 3.05) is 0 Å². The molecule has 1 aromatic rings. The molecule has 2 aliphatic carbocycles. The zero-order valence-corrected chi connectivity index (χ0v) is 9.51. The Balaban J connectivity index is 1.56. The number of hydrogen-bond donors (Lipinski definition) is 1. The molecule has 86 valence electrons. The van der Waals surface area contributed by atoms with Gasteiger partial charge in [-0.25, -0.2) is 0 Å². The second kappa shape index (κ2) is 4.19. The van der Waals surface area contributed by atoms with Crippen molar-refractivity contribution in [3.05, 3.63) is 35.9 Å². The molecule has 2 heteroatoms. The molecule has 2 saturated carbocycles.